The summed E-state index contributed by atoms with van der Waals surface area (Å²) in [6, 6.07) is 14.4. The quantitative estimate of drug-likeness (QED) is 0.908. The molecule has 0 spiro atoms. The van der Waals surface area contributed by atoms with Gasteiger partial charge in [0.1, 0.15) is 0 Å². The molecule has 0 unspecified atom stereocenters. The Bertz CT molecular complexity index is 733. The molecule has 0 saturated carbocycles. The van der Waals surface area contributed by atoms with Crippen molar-refractivity contribution in [2.75, 3.05) is 36.4 Å². The molecule has 2 aromatic rings. The summed E-state index contributed by atoms with van der Waals surface area (Å²) in [5.74, 6) is 0. The summed E-state index contributed by atoms with van der Waals surface area (Å²) in [6.45, 7) is 9.51. The van der Waals surface area contributed by atoms with Crippen LogP contribution in [0, 0.1) is 20.8 Å². The molecule has 1 fully saturated rings. The molecule has 4 heteroatoms. The second-order valence-electron chi connectivity index (χ2n) is 6.56. The zero-order chi connectivity index (χ0) is 17.1. The smallest absolute Gasteiger partial charge is 0.321 e. The van der Waals surface area contributed by atoms with Gasteiger partial charge < -0.3 is 15.1 Å². The van der Waals surface area contributed by atoms with Crippen LogP contribution in [-0.2, 0) is 0 Å². The summed E-state index contributed by atoms with van der Waals surface area (Å²) in [7, 11) is 0. The summed E-state index contributed by atoms with van der Waals surface area (Å²) in [5.41, 5.74) is 5.86. The maximum absolute atomic E-state index is 12.4. The fourth-order valence-electron chi connectivity index (χ4n) is 3.24. The molecule has 24 heavy (non-hydrogen) atoms. The monoisotopic (exact) mass is 323 g/mol. The molecule has 0 atom stereocenters. The molecule has 3 rings (SSSR count). The fourth-order valence-corrected chi connectivity index (χ4v) is 3.24. The highest BCUT2D eigenvalue weighted by molar-refractivity contribution is 5.89. The van der Waals surface area contributed by atoms with Crippen LogP contribution in [0.5, 0.6) is 0 Å². The van der Waals surface area contributed by atoms with E-state index in [4.69, 9.17) is 0 Å². The van der Waals surface area contributed by atoms with E-state index in [-0.39, 0.29) is 6.03 Å². The number of hydrogen-bond acceptors (Lipinski definition) is 2. The molecule has 4 nitrogen and oxygen atoms in total. The van der Waals surface area contributed by atoms with E-state index in [0.717, 1.165) is 37.4 Å². The largest absolute Gasteiger partial charge is 0.368 e. The molecule has 2 amide bonds. The highest BCUT2D eigenvalue weighted by Crippen LogP contribution is 2.22. The van der Waals surface area contributed by atoms with Crippen molar-refractivity contribution < 1.29 is 4.79 Å². The topological polar surface area (TPSA) is 35.6 Å². The second-order valence-corrected chi connectivity index (χ2v) is 6.56. The molecule has 0 bridgehead atoms. The van der Waals surface area contributed by atoms with E-state index in [1.165, 1.54) is 16.8 Å². The van der Waals surface area contributed by atoms with Crippen LogP contribution in [0.2, 0.25) is 0 Å². The Morgan fingerprint density at radius 2 is 1.62 bits per heavy atom. The zero-order valence-corrected chi connectivity index (χ0v) is 14.7. The molecule has 0 aromatic heterocycles. The van der Waals surface area contributed by atoms with Crippen LogP contribution in [0.1, 0.15) is 16.7 Å². The Balaban J connectivity index is 1.59. The maximum atomic E-state index is 12.4. The van der Waals surface area contributed by atoms with E-state index in [9.17, 15) is 4.79 Å². The van der Waals surface area contributed by atoms with Gasteiger partial charge in [-0.1, -0.05) is 29.8 Å². The summed E-state index contributed by atoms with van der Waals surface area (Å²) in [6.07, 6.45) is 0. The number of amides is 2. The lowest BCUT2D eigenvalue weighted by Gasteiger charge is -2.36. The summed E-state index contributed by atoms with van der Waals surface area (Å²) >= 11 is 0. The second kappa shape index (κ2) is 6.95. The minimum absolute atomic E-state index is 0.0131. The van der Waals surface area contributed by atoms with Crippen molar-refractivity contribution in [2.24, 2.45) is 0 Å². The fraction of sp³-hybridized carbons (Fsp3) is 0.350. The third kappa shape index (κ3) is 3.70. The van der Waals surface area contributed by atoms with E-state index < -0.39 is 0 Å². The lowest BCUT2D eigenvalue weighted by Crippen LogP contribution is -2.50. The normalized spacial score (nSPS) is 14.6. The van der Waals surface area contributed by atoms with Crippen molar-refractivity contribution in [2.45, 2.75) is 20.8 Å². The molecule has 0 aliphatic carbocycles. The molecule has 0 radical (unpaired) electrons. The van der Waals surface area contributed by atoms with Gasteiger partial charge in [-0.05, 0) is 50.1 Å². The number of carbonyl (C=O) groups is 1. The molecule has 1 N–H and O–H groups in total. The van der Waals surface area contributed by atoms with E-state index >= 15 is 0 Å². The number of rotatable bonds is 2. The molecule has 1 aliphatic rings. The van der Waals surface area contributed by atoms with Gasteiger partial charge in [0.2, 0.25) is 0 Å². The van der Waals surface area contributed by atoms with Crippen LogP contribution in [0.15, 0.2) is 42.5 Å². The first-order valence-electron chi connectivity index (χ1n) is 8.48. The number of piperazine rings is 1. The summed E-state index contributed by atoms with van der Waals surface area (Å²) in [4.78, 5) is 16.7. The summed E-state index contributed by atoms with van der Waals surface area (Å²) < 4.78 is 0. The van der Waals surface area contributed by atoms with Gasteiger partial charge >= 0.3 is 6.03 Å². The van der Waals surface area contributed by atoms with Gasteiger partial charge in [0.25, 0.3) is 0 Å². The Labute approximate surface area is 144 Å². The summed E-state index contributed by atoms with van der Waals surface area (Å²) in [5, 5.41) is 2.99. The Morgan fingerprint density at radius 3 is 2.29 bits per heavy atom. The van der Waals surface area contributed by atoms with Crippen molar-refractivity contribution in [1.29, 1.82) is 0 Å². The van der Waals surface area contributed by atoms with Gasteiger partial charge in [0.05, 0.1) is 0 Å². The SMILES string of the molecule is Cc1cccc(NC(=O)N2CCN(c3ccc(C)cc3C)CC2)c1. The number of carbonyl (C=O) groups excluding carboxylic acids is 1. The van der Waals surface area contributed by atoms with Crippen LogP contribution in [0.4, 0.5) is 16.2 Å². The lowest BCUT2D eigenvalue weighted by atomic mass is 10.1. The molecule has 1 saturated heterocycles. The third-order valence-corrected chi connectivity index (χ3v) is 4.53. The molecular weight excluding hydrogens is 298 g/mol. The van der Waals surface area contributed by atoms with Crippen LogP contribution >= 0.6 is 0 Å². The van der Waals surface area contributed by atoms with Crippen molar-refractivity contribution in [1.82, 2.24) is 4.90 Å². The van der Waals surface area contributed by atoms with Gasteiger partial charge in [-0.15, -0.1) is 0 Å². The standard InChI is InChI=1S/C20H25N3O/c1-15-5-4-6-18(14-15)21-20(24)23-11-9-22(10-12-23)19-8-7-16(2)13-17(19)3/h4-8,13-14H,9-12H2,1-3H3,(H,21,24). The lowest BCUT2D eigenvalue weighted by molar-refractivity contribution is 0.208. The highest BCUT2D eigenvalue weighted by Gasteiger charge is 2.22. The number of urea groups is 1. The minimum atomic E-state index is -0.0131. The predicted octanol–water partition coefficient (Wildman–Crippen LogP) is 3.97. The maximum Gasteiger partial charge on any atom is 0.321 e. The number of anilines is 2. The van der Waals surface area contributed by atoms with Crippen LogP contribution in [-0.4, -0.2) is 37.1 Å². The predicted molar refractivity (Wildman–Crippen MR) is 99.9 cm³/mol. The van der Waals surface area contributed by atoms with Crippen molar-refractivity contribution >= 4 is 17.4 Å². The Kier molecular flexibility index (Phi) is 4.74. The zero-order valence-electron chi connectivity index (χ0n) is 14.7. The Hall–Kier alpha value is -2.49. The number of benzene rings is 2. The molecule has 1 aliphatic heterocycles. The van der Waals surface area contributed by atoms with Gasteiger partial charge in [-0.3, -0.25) is 0 Å². The third-order valence-electron chi connectivity index (χ3n) is 4.53. The number of hydrogen-bond donors (Lipinski definition) is 1. The minimum Gasteiger partial charge on any atom is -0.368 e. The van der Waals surface area contributed by atoms with Gasteiger partial charge in [0.15, 0.2) is 0 Å². The van der Waals surface area contributed by atoms with Crippen molar-refractivity contribution in [3.8, 4) is 0 Å². The average Bonchev–Trinajstić information content (AvgIpc) is 2.55. The van der Waals surface area contributed by atoms with Crippen LogP contribution in [0.25, 0.3) is 0 Å². The van der Waals surface area contributed by atoms with Crippen LogP contribution < -0.4 is 10.2 Å². The first kappa shape index (κ1) is 16.4. The van der Waals surface area contributed by atoms with E-state index in [1.54, 1.807) is 0 Å². The van der Waals surface area contributed by atoms with Gasteiger partial charge in [-0.25, -0.2) is 4.79 Å². The number of nitrogens with one attached hydrogen (secondary N) is 1. The highest BCUT2D eigenvalue weighted by atomic mass is 16.2. The van der Waals surface area contributed by atoms with Gasteiger partial charge in [0, 0.05) is 37.6 Å². The molecule has 2 aromatic carbocycles. The average molecular weight is 323 g/mol. The number of nitrogens with zero attached hydrogens (tertiary/aromatic N) is 2. The van der Waals surface area contributed by atoms with Crippen molar-refractivity contribution in [3.05, 3.63) is 59.2 Å². The molecule has 126 valence electrons. The van der Waals surface area contributed by atoms with Crippen molar-refractivity contribution in [3.63, 3.8) is 0 Å². The molecule has 1 heterocycles. The van der Waals surface area contributed by atoms with E-state index in [0.29, 0.717) is 0 Å². The van der Waals surface area contributed by atoms with E-state index in [1.807, 2.05) is 36.1 Å². The first-order chi connectivity index (χ1) is 11.5. The van der Waals surface area contributed by atoms with Crippen LogP contribution in [0.3, 0.4) is 0 Å². The molecular formula is C20H25N3O. The Morgan fingerprint density at radius 1 is 0.917 bits per heavy atom. The van der Waals surface area contributed by atoms with Gasteiger partial charge in [-0.2, -0.15) is 0 Å². The number of aryl methyl sites for hydroxylation is 3. The first-order valence-corrected chi connectivity index (χ1v) is 8.48. The van der Waals surface area contributed by atoms with E-state index in [2.05, 4.69) is 42.3 Å².